The molecule has 1 heterocycles. The van der Waals surface area contributed by atoms with Crippen LogP contribution in [0.3, 0.4) is 0 Å². The number of carbonyl (C=O) groups is 1. The van der Waals surface area contributed by atoms with Crippen molar-refractivity contribution in [2.24, 2.45) is 29.6 Å². The molecule has 0 N–H and O–H groups in total. The van der Waals surface area contributed by atoms with Gasteiger partial charge in [0.25, 0.3) is 20.3 Å². The molecule has 0 aromatic carbocycles. The van der Waals surface area contributed by atoms with Crippen LogP contribution in [0, 0.1) is 70.0 Å². The van der Waals surface area contributed by atoms with Gasteiger partial charge in [-0.3, -0.25) is 4.79 Å². The largest absolute Gasteiger partial charge is 0.367 e. The average molecular weight is 541 g/mol. The maximum Gasteiger partial charge on any atom is 0.327 e. The van der Waals surface area contributed by atoms with Gasteiger partial charge in [0.15, 0.2) is 0 Å². The van der Waals surface area contributed by atoms with Gasteiger partial charge in [-0.2, -0.15) is 0 Å². The van der Waals surface area contributed by atoms with Crippen molar-refractivity contribution in [1.82, 2.24) is 5.06 Å². The Morgan fingerprint density at radius 3 is 1.27 bits per heavy atom. The van der Waals surface area contributed by atoms with E-state index in [9.17, 15) is 45.3 Å². The van der Waals surface area contributed by atoms with Crippen LogP contribution in [0.25, 0.3) is 0 Å². The third-order valence-electron chi connectivity index (χ3n) is 6.56. The Hall–Kier alpha value is -3.77. The van der Waals surface area contributed by atoms with Gasteiger partial charge >= 0.3 is 5.97 Å². The smallest absolute Gasteiger partial charge is 0.327 e. The number of hydrogen-bond acceptors (Lipinski definition) is 15. The van der Waals surface area contributed by atoms with Gasteiger partial charge in [-0.1, -0.05) is 13.8 Å². The Kier molecular flexibility index (Phi) is 10.5. The van der Waals surface area contributed by atoms with Crippen LogP contribution in [0.15, 0.2) is 0 Å². The van der Waals surface area contributed by atoms with E-state index >= 15 is 0 Å². The highest BCUT2D eigenvalue weighted by Crippen LogP contribution is 2.49. The van der Waals surface area contributed by atoms with Gasteiger partial charge in [0.2, 0.25) is 0 Å². The number of carbonyl (C=O) groups excluding carboxylic acids is 1. The summed E-state index contributed by atoms with van der Waals surface area (Å²) in [7, 11) is 0. The second kappa shape index (κ2) is 12.5. The molecule has 1 saturated heterocycles. The molecule has 0 amide bonds. The first-order chi connectivity index (χ1) is 16.9. The lowest BCUT2D eigenvalue weighted by molar-refractivity contribution is -0.768. The summed E-state index contributed by atoms with van der Waals surface area (Å²) in [5.41, 5.74) is -2.82. The third kappa shape index (κ3) is 8.12. The van der Waals surface area contributed by atoms with Crippen LogP contribution in [0.1, 0.15) is 41.5 Å². The second-order valence-electron chi connectivity index (χ2n) is 9.78. The predicted molar refractivity (Wildman–Crippen MR) is 117 cm³/mol. The minimum Gasteiger partial charge on any atom is -0.367 e. The molecule has 0 aromatic rings. The highest BCUT2D eigenvalue weighted by Gasteiger charge is 2.59. The van der Waals surface area contributed by atoms with E-state index in [0.29, 0.717) is 0 Å². The highest BCUT2D eigenvalue weighted by atomic mass is 17.0. The van der Waals surface area contributed by atoms with Crippen molar-refractivity contribution in [3.63, 3.8) is 0 Å². The lowest BCUT2D eigenvalue weighted by atomic mass is 9.69. The number of hydrogen-bond donors (Lipinski definition) is 0. The standard InChI is InChI=1S/C18H31N5O14/c1-11(2)16(24)37-19-17(3,4)14(9-35-22(29)30)12(7-33-20(25)26)13(8-34-21(27)28)15(18(19,5)6)10-36-23(31)32/h11-15H,7-10H2,1-6H3. The third-order valence-corrected chi connectivity index (χ3v) is 6.56. The summed E-state index contributed by atoms with van der Waals surface area (Å²) in [4.78, 5) is 80.9. The average Bonchev–Trinajstić information content (AvgIpc) is 2.78. The fraction of sp³-hybridized carbons (Fsp3) is 0.944. The van der Waals surface area contributed by atoms with Gasteiger partial charge in [0.05, 0.1) is 17.0 Å². The van der Waals surface area contributed by atoms with Gasteiger partial charge in [-0.05, 0) is 39.5 Å². The van der Waals surface area contributed by atoms with E-state index in [4.69, 9.17) is 4.84 Å². The molecule has 0 aliphatic carbocycles. The zero-order valence-electron chi connectivity index (χ0n) is 21.2. The van der Waals surface area contributed by atoms with E-state index in [1.54, 1.807) is 13.8 Å². The van der Waals surface area contributed by atoms with Crippen LogP contribution in [0.4, 0.5) is 0 Å². The molecule has 1 aliphatic heterocycles. The Labute approximate surface area is 210 Å². The number of hydroxylamine groups is 2. The maximum atomic E-state index is 12.7. The van der Waals surface area contributed by atoms with E-state index in [1.807, 2.05) is 0 Å². The first-order valence-electron chi connectivity index (χ1n) is 11.0. The Bertz CT molecular complexity index is 808. The number of nitrogens with zero attached hydrogens (tertiary/aromatic N) is 5. The first-order valence-corrected chi connectivity index (χ1v) is 11.0. The van der Waals surface area contributed by atoms with Gasteiger partial charge in [0.1, 0.15) is 26.4 Å². The molecule has 4 atom stereocenters. The molecule has 1 fully saturated rings. The molecule has 0 aromatic heterocycles. The summed E-state index contributed by atoms with van der Waals surface area (Å²) in [5, 5.41) is 41.0. The zero-order valence-corrected chi connectivity index (χ0v) is 21.2. The van der Waals surface area contributed by atoms with Crippen LogP contribution in [-0.2, 0) is 29.0 Å². The van der Waals surface area contributed by atoms with Crippen LogP contribution in [0.5, 0.6) is 0 Å². The Morgan fingerprint density at radius 1 is 0.703 bits per heavy atom. The molecule has 212 valence electrons. The minimum atomic E-state index is -1.41. The SMILES string of the molecule is CC(C)C(=O)ON1C(C)(C)C(CO[N+](=O)[O-])C(CO[N+](=O)[O-])C(CO[N+](=O)[O-])C(CO[N+](=O)[O-])C1(C)C. The van der Waals surface area contributed by atoms with E-state index in [-0.39, 0.29) is 0 Å². The van der Waals surface area contributed by atoms with E-state index in [1.165, 1.54) is 32.8 Å². The number of rotatable bonds is 14. The molecule has 0 radical (unpaired) electrons. The normalized spacial score (nSPS) is 24.8. The second-order valence-corrected chi connectivity index (χ2v) is 9.78. The van der Waals surface area contributed by atoms with Crippen molar-refractivity contribution < 1.29 is 49.3 Å². The summed E-state index contributed by atoms with van der Waals surface area (Å²) < 4.78 is 0. The van der Waals surface area contributed by atoms with Crippen LogP contribution in [0.2, 0.25) is 0 Å². The zero-order chi connectivity index (χ0) is 28.7. The fourth-order valence-electron chi connectivity index (χ4n) is 4.83. The van der Waals surface area contributed by atoms with Crippen molar-refractivity contribution in [2.75, 3.05) is 26.4 Å². The van der Waals surface area contributed by atoms with Gasteiger partial charge in [-0.15, -0.1) is 45.5 Å². The lowest BCUT2D eigenvalue weighted by Crippen LogP contribution is -2.62. The van der Waals surface area contributed by atoms with E-state index in [2.05, 4.69) is 19.4 Å². The van der Waals surface area contributed by atoms with Crippen molar-refractivity contribution in [1.29, 1.82) is 0 Å². The minimum absolute atomic E-state index is 0.640. The van der Waals surface area contributed by atoms with Crippen LogP contribution >= 0.6 is 0 Å². The van der Waals surface area contributed by atoms with Gasteiger partial charge in [0, 0.05) is 11.8 Å². The van der Waals surface area contributed by atoms with E-state index in [0.717, 1.165) is 0 Å². The Balaban J connectivity index is 3.87. The molecule has 19 nitrogen and oxygen atoms in total. The Morgan fingerprint density at radius 2 is 1.00 bits per heavy atom. The summed E-state index contributed by atoms with van der Waals surface area (Å²) in [6, 6.07) is 0. The lowest BCUT2D eigenvalue weighted by Gasteiger charge is -2.49. The quantitative estimate of drug-likeness (QED) is 0.222. The van der Waals surface area contributed by atoms with Crippen molar-refractivity contribution >= 4 is 5.97 Å². The van der Waals surface area contributed by atoms with Crippen molar-refractivity contribution in [2.45, 2.75) is 52.6 Å². The highest BCUT2D eigenvalue weighted by molar-refractivity contribution is 5.71. The monoisotopic (exact) mass is 541 g/mol. The van der Waals surface area contributed by atoms with Gasteiger partial charge in [-0.25, -0.2) is 0 Å². The molecule has 19 heteroatoms. The molecule has 0 saturated carbocycles. The molecule has 0 spiro atoms. The molecular weight excluding hydrogens is 510 g/mol. The van der Waals surface area contributed by atoms with Gasteiger partial charge < -0.3 is 24.2 Å². The van der Waals surface area contributed by atoms with Crippen molar-refractivity contribution in [3.05, 3.63) is 40.5 Å². The molecule has 0 bridgehead atoms. The first kappa shape index (κ1) is 31.3. The van der Waals surface area contributed by atoms with Crippen molar-refractivity contribution in [3.8, 4) is 0 Å². The van der Waals surface area contributed by atoms with E-state index < -0.39 is 93.4 Å². The summed E-state index contributed by atoms with van der Waals surface area (Å²) in [6.45, 7) is 6.25. The molecule has 4 unspecified atom stereocenters. The fourth-order valence-corrected chi connectivity index (χ4v) is 4.83. The molecule has 1 aliphatic rings. The molecule has 37 heavy (non-hydrogen) atoms. The molecule has 1 rings (SSSR count). The van der Waals surface area contributed by atoms with Crippen LogP contribution < -0.4 is 0 Å². The van der Waals surface area contributed by atoms with Crippen LogP contribution in [-0.4, -0.2) is 68.9 Å². The maximum absolute atomic E-state index is 12.7. The summed E-state index contributed by atoms with van der Waals surface area (Å²) in [6.07, 6.45) is 0. The molecular formula is C18H31N5O14. The summed E-state index contributed by atoms with van der Waals surface area (Å²) >= 11 is 0. The summed E-state index contributed by atoms with van der Waals surface area (Å²) in [5.74, 6) is -5.97. The predicted octanol–water partition coefficient (Wildman–Crippen LogP) is 1.27. The topological polar surface area (TPSA) is 239 Å².